The summed E-state index contributed by atoms with van der Waals surface area (Å²) in [6, 6.07) is 12.0. The van der Waals surface area contributed by atoms with E-state index in [1.165, 1.54) is 44.0 Å². The Balaban J connectivity index is 1.47. The van der Waals surface area contributed by atoms with Crippen LogP contribution in [0.1, 0.15) is 37.3 Å². The highest BCUT2D eigenvalue weighted by Crippen LogP contribution is 2.28. The van der Waals surface area contributed by atoms with Crippen LogP contribution in [-0.4, -0.2) is 64.2 Å². The maximum atomic E-state index is 13.2. The standard InChI is InChI=1S/C24H33N3O4S2/c1-19-7-8-20(2)24(18-19)25-14-16-26(17-15-25)32(28,29)22-9-11-23(12-10-22)33(30,31)27-13-5-4-6-21(27)3/h7-12,18,21H,4-6,13-17H2,1-3H3. The molecule has 0 N–H and O–H groups in total. The van der Waals surface area contributed by atoms with Gasteiger partial charge in [0, 0.05) is 44.5 Å². The molecule has 7 nitrogen and oxygen atoms in total. The van der Waals surface area contributed by atoms with E-state index in [0.717, 1.165) is 24.9 Å². The minimum atomic E-state index is -3.69. The van der Waals surface area contributed by atoms with E-state index in [1.807, 2.05) is 6.92 Å². The summed E-state index contributed by atoms with van der Waals surface area (Å²) >= 11 is 0. The van der Waals surface area contributed by atoms with Crippen molar-refractivity contribution in [2.45, 2.75) is 55.9 Å². The van der Waals surface area contributed by atoms with Crippen molar-refractivity contribution in [1.82, 2.24) is 8.61 Å². The van der Waals surface area contributed by atoms with Gasteiger partial charge in [0.05, 0.1) is 9.79 Å². The number of piperidine rings is 1. The van der Waals surface area contributed by atoms with Gasteiger partial charge in [-0.25, -0.2) is 16.8 Å². The van der Waals surface area contributed by atoms with E-state index in [0.29, 0.717) is 32.7 Å². The molecule has 4 rings (SSSR count). The third-order valence-corrected chi connectivity index (χ3v) is 10.7. The summed E-state index contributed by atoms with van der Waals surface area (Å²) in [5.74, 6) is 0. The molecular weight excluding hydrogens is 458 g/mol. The van der Waals surface area contributed by atoms with Crippen LogP contribution in [0.3, 0.4) is 0 Å². The highest BCUT2D eigenvalue weighted by Gasteiger charge is 2.32. The van der Waals surface area contributed by atoms with Gasteiger partial charge in [0.1, 0.15) is 0 Å². The van der Waals surface area contributed by atoms with Crippen molar-refractivity contribution in [1.29, 1.82) is 0 Å². The Bertz CT molecular complexity index is 1200. The normalized spacial score (nSPS) is 21.3. The molecule has 2 saturated heterocycles. The molecule has 0 spiro atoms. The highest BCUT2D eigenvalue weighted by molar-refractivity contribution is 7.89. The molecule has 2 aromatic rings. The number of anilines is 1. The van der Waals surface area contributed by atoms with E-state index in [-0.39, 0.29) is 15.8 Å². The number of benzene rings is 2. The van der Waals surface area contributed by atoms with E-state index in [2.05, 4.69) is 36.9 Å². The van der Waals surface area contributed by atoms with Gasteiger partial charge in [-0.2, -0.15) is 8.61 Å². The molecule has 1 atom stereocenters. The maximum absolute atomic E-state index is 13.2. The van der Waals surface area contributed by atoms with Gasteiger partial charge in [-0.05, 0) is 75.1 Å². The SMILES string of the molecule is Cc1ccc(C)c(N2CCN(S(=O)(=O)c3ccc(S(=O)(=O)N4CCCCC4C)cc3)CC2)c1. The van der Waals surface area contributed by atoms with Crippen LogP contribution in [0.4, 0.5) is 5.69 Å². The summed E-state index contributed by atoms with van der Waals surface area (Å²) in [4.78, 5) is 2.51. The van der Waals surface area contributed by atoms with Gasteiger partial charge in [-0.3, -0.25) is 0 Å². The number of sulfonamides is 2. The minimum Gasteiger partial charge on any atom is -0.369 e. The highest BCUT2D eigenvalue weighted by atomic mass is 32.2. The van der Waals surface area contributed by atoms with Gasteiger partial charge in [0.25, 0.3) is 0 Å². The van der Waals surface area contributed by atoms with Crippen LogP contribution in [0.5, 0.6) is 0 Å². The van der Waals surface area contributed by atoms with E-state index >= 15 is 0 Å². The molecule has 0 amide bonds. The molecule has 1 unspecified atom stereocenters. The van der Waals surface area contributed by atoms with Gasteiger partial charge >= 0.3 is 0 Å². The first kappa shape index (κ1) is 24.2. The average Bonchev–Trinajstić information content (AvgIpc) is 2.81. The predicted octanol–water partition coefficient (Wildman–Crippen LogP) is 3.38. The molecule has 2 aliphatic rings. The van der Waals surface area contributed by atoms with Crippen LogP contribution in [0.25, 0.3) is 0 Å². The molecule has 9 heteroatoms. The zero-order chi connectivity index (χ0) is 23.8. The largest absolute Gasteiger partial charge is 0.369 e. The lowest BCUT2D eigenvalue weighted by atomic mass is 10.1. The number of nitrogens with zero attached hydrogens (tertiary/aromatic N) is 3. The Hall–Kier alpha value is -1.94. The summed E-state index contributed by atoms with van der Waals surface area (Å²) in [6.07, 6.45) is 2.73. The Morgan fingerprint density at radius 2 is 1.36 bits per heavy atom. The zero-order valence-electron chi connectivity index (χ0n) is 19.6. The van der Waals surface area contributed by atoms with Crippen molar-refractivity contribution in [3.8, 4) is 0 Å². The first-order valence-electron chi connectivity index (χ1n) is 11.5. The summed E-state index contributed by atoms with van der Waals surface area (Å²) in [5.41, 5.74) is 3.50. The molecule has 0 aliphatic carbocycles. The van der Waals surface area contributed by atoms with Gasteiger partial charge in [-0.1, -0.05) is 18.6 Å². The second-order valence-corrected chi connectivity index (χ2v) is 12.9. The second-order valence-electron chi connectivity index (χ2n) is 9.11. The quantitative estimate of drug-likeness (QED) is 0.641. The Labute approximate surface area is 198 Å². The van der Waals surface area contributed by atoms with Crippen LogP contribution in [0, 0.1) is 13.8 Å². The van der Waals surface area contributed by atoms with E-state index in [4.69, 9.17) is 0 Å². The monoisotopic (exact) mass is 491 g/mol. The van der Waals surface area contributed by atoms with E-state index < -0.39 is 20.0 Å². The van der Waals surface area contributed by atoms with Crippen molar-refractivity contribution in [2.24, 2.45) is 0 Å². The summed E-state index contributed by atoms with van der Waals surface area (Å²) in [5, 5.41) is 0. The van der Waals surface area contributed by atoms with Crippen LogP contribution < -0.4 is 4.90 Å². The van der Waals surface area contributed by atoms with Crippen molar-refractivity contribution >= 4 is 25.7 Å². The predicted molar refractivity (Wildman–Crippen MR) is 131 cm³/mol. The molecule has 0 saturated carbocycles. The first-order chi connectivity index (χ1) is 15.6. The lowest BCUT2D eigenvalue weighted by Crippen LogP contribution is -2.48. The van der Waals surface area contributed by atoms with Crippen LogP contribution in [0.2, 0.25) is 0 Å². The summed E-state index contributed by atoms with van der Waals surface area (Å²) in [6.45, 7) is 8.56. The number of aryl methyl sites for hydroxylation is 2. The van der Waals surface area contributed by atoms with Crippen LogP contribution >= 0.6 is 0 Å². The molecule has 2 fully saturated rings. The third kappa shape index (κ3) is 4.82. The van der Waals surface area contributed by atoms with Gasteiger partial charge in [0.2, 0.25) is 20.0 Å². The lowest BCUT2D eigenvalue weighted by Gasteiger charge is -2.36. The van der Waals surface area contributed by atoms with Crippen molar-refractivity contribution in [3.63, 3.8) is 0 Å². The van der Waals surface area contributed by atoms with Crippen LogP contribution in [-0.2, 0) is 20.0 Å². The molecule has 2 aliphatic heterocycles. The maximum Gasteiger partial charge on any atom is 0.243 e. The molecule has 33 heavy (non-hydrogen) atoms. The smallest absolute Gasteiger partial charge is 0.243 e. The Morgan fingerprint density at radius 1 is 0.758 bits per heavy atom. The minimum absolute atomic E-state index is 0.0412. The van der Waals surface area contributed by atoms with E-state index in [9.17, 15) is 16.8 Å². The zero-order valence-corrected chi connectivity index (χ0v) is 21.2. The van der Waals surface area contributed by atoms with Crippen LogP contribution in [0.15, 0.2) is 52.3 Å². The molecular formula is C24H33N3O4S2. The van der Waals surface area contributed by atoms with Crippen molar-refractivity contribution < 1.29 is 16.8 Å². The number of piperazine rings is 1. The topological polar surface area (TPSA) is 78.0 Å². The van der Waals surface area contributed by atoms with Gasteiger partial charge < -0.3 is 4.90 Å². The number of rotatable bonds is 5. The summed E-state index contributed by atoms with van der Waals surface area (Å²) in [7, 11) is -7.31. The Morgan fingerprint density at radius 3 is 1.97 bits per heavy atom. The Kier molecular flexibility index (Phi) is 6.87. The molecule has 2 heterocycles. The fourth-order valence-corrected chi connectivity index (χ4v) is 7.85. The first-order valence-corrected chi connectivity index (χ1v) is 14.4. The average molecular weight is 492 g/mol. The molecule has 0 aromatic heterocycles. The number of hydrogen-bond acceptors (Lipinski definition) is 5. The van der Waals surface area contributed by atoms with E-state index in [1.54, 1.807) is 0 Å². The fourth-order valence-electron chi connectivity index (χ4n) is 4.73. The van der Waals surface area contributed by atoms with Gasteiger partial charge in [0.15, 0.2) is 0 Å². The molecule has 2 aromatic carbocycles. The third-order valence-electron chi connectivity index (χ3n) is 6.75. The second kappa shape index (κ2) is 9.37. The van der Waals surface area contributed by atoms with Crippen molar-refractivity contribution in [2.75, 3.05) is 37.6 Å². The molecule has 0 bridgehead atoms. The fraction of sp³-hybridized carbons (Fsp3) is 0.500. The van der Waals surface area contributed by atoms with Gasteiger partial charge in [-0.15, -0.1) is 0 Å². The number of hydrogen-bond donors (Lipinski definition) is 0. The van der Waals surface area contributed by atoms with Crippen molar-refractivity contribution in [3.05, 3.63) is 53.6 Å². The molecule has 180 valence electrons. The lowest BCUT2D eigenvalue weighted by molar-refractivity contribution is 0.268. The summed E-state index contributed by atoms with van der Waals surface area (Å²) < 4.78 is 55.5. The molecule has 0 radical (unpaired) electrons.